The Hall–Kier alpha value is -3.79. The van der Waals surface area contributed by atoms with Gasteiger partial charge in [-0.3, -0.25) is 14.4 Å². The van der Waals surface area contributed by atoms with Crippen LogP contribution in [0.15, 0.2) is 73.3 Å². The number of nitrogens with zero attached hydrogens (tertiary/aromatic N) is 2. The topological polar surface area (TPSA) is 122 Å². The largest absolute Gasteiger partial charge is 0.395 e. The minimum atomic E-state index is -1.89. The van der Waals surface area contributed by atoms with E-state index in [4.69, 9.17) is 0 Å². The van der Waals surface area contributed by atoms with Crippen LogP contribution in [0.3, 0.4) is 0 Å². The van der Waals surface area contributed by atoms with Gasteiger partial charge in [0, 0.05) is 43.2 Å². The van der Waals surface area contributed by atoms with Crippen LogP contribution in [0.5, 0.6) is 0 Å². The maximum absolute atomic E-state index is 13.5. The van der Waals surface area contributed by atoms with Gasteiger partial charge in [0.05, 0.1) is 18.3 Å². The molecule has 0 aromatic heterocycles. The molecule has 2 aromatic carbocycles. The first kappa shape index (κ1) is 29.2. The number of carbonyl (C=O) groups excluding carboxylic acids is 3. The van der Waals surface area contributed by atoms with Crippen LogP contribution >= 0.6 is 0 Å². The molecule has 4 N–H and O–H groups in total. The quantitative estimate of drug-likeness (QED) is 0.304. The van der Waals surface area contributed by atoms with Gasteiger partial charge in [-0.25, -0.2) is 0 Å². The van der Waals surface area contributed by atoms with E-state index in [1.807, 2.05) is 30.3 Å². The fourth-order valence-corrected chi connectivity index (χ4v) is 5.33. The molecule has 2 aliphatic heterocycles. The molecule has 1 saturated heterocycles. The van der Waals surface area contributed by atoms with Crippen molar-refractivity contribution >= 4 is 29.1 Å². The zero-order chi connectivity index (χ0) is 28.7. The van der Waals surface area contributed by atoms with Crippen molar-refractivity contribution < 1.29 is 24.6 Å². The number of carbonyl (C=O) groups is 3. The van der Waals surface area contributed by atoms with Gasteiger partial charge in [0.25, 0.3) is 5.91 Å². The first-order valence-electron chi connectivity index (χ1n) is 13.7. The maximum atomic E-state index is 13.5. The number of benzene rings is 2. The van der Waals surface area contributed by atoms with Crippen LogP contribution in [0.2, 0.25) is 0 Å². The third-order valence-electron chi connectivity index (χ3n) is 7.54. The summed E-state index contributed by atoms with van der Waals surface area (Å²) in [4.78, 5) is 42.2. The molecule has 3 atom stereocenters. The molecule has 0 bridgehead atoms. The van der Waals surface area contributed by atoms with Gasteiger partial charge < -0.3 is 30.6 Å². The van der Waals surface area contributed by atoms with E-state index in [-0.39, 0.29) is 44.0 Å². The van der Waals surface area contributed by atoms with Gasteiger partial charge in [0.2, 0.25) is 11.8 Å². The Bertz CT molecular complexity index is 1260. The Morgan fingerprint density at radius 1 is 1.27 bits per heavy atom. The SMILES string of the molecule is C=CCN1C(=O)[C@@](O)([C@@H](C)/C=C/CC(=O)N(CCO)Cc2ccccc2)c2cc(NC(=O)[C@H]3CCCN3)ccc21. The molecule has 0 saturated carbocycles. The minimum absolute atomic E-state index is 0.0508. The highest BCUT2D eigenvalue weighted by Gasteiger charge is 2.52. The molecule has 1 fully saturated rings. The third kappa shape index (κ3) is 6.17. The normalized spacial score (nSPS) is 20.9. The first-order chi connectivity index (χ1) is 19.3. The van der Waals surface area contributed by atoms with Crippen LogP contribution < -0.4 is 15.5 Å². The molecule has 9 nitrogen and oxygen atoms in total. The van der Waals surface area contributed by atoms with Gasteiger partial charge in [0.1, 0.15) is 0 Å². The molecule has 0 radical (unpaired) electrons. The van der Waals surface area contributed by atoms with Crippen molar-refractivity contribution in [1.82, 2.24) is 10.2 Å². The second kappa shape index (κ2) is 13.0. The predicted molar refractivity (Wildman–Crippen MR) is 154 cm³/mol. The Labute approximate surface area is 235 Å². The lowest BCUT2D eigenvalue weighted by molar-refractivity contribution is -0.139. The van der Waals surface area contributed by atoms with E-state index >= 15 is 0 Å². The van der Waals surface area contributed by atoms with Gasteiger partial charge in [-0.2, -0.15) is 0 Å². The van der Waals surface area contributed by atoms with E-state index in [9.17, 15) is 24.6 Å². The van der Waals surface area contributed by atoms with Gasteiger partial charge >= 0.3 is 0 Å². The zero-order valence-corrected chi connectivity index (χ0v) is 22.9. The van der Waals surface area contributed by atoms with Crippen LogP contribution in [0.25, 0.3) is 0 Å². The van der Waals surface area contributed by atoms with Crippen molar-refractivity contribution in [2.75, 3.05) is 36.5 Å². The molecule has 0 aliphatic carbocycles. The Morgan fingerprint density at radius 2 is 2.05 bits per heavy atom. The van der Waals surface area contributed by atoms with E-state index < -0.39 is 17.4 Å². The van der Waals surface area contributed by atoms with Crippen LogP contribution in [0.4, 0.5) is 11.4 Å². The summed E-state index contributed by atoms with van der Waals surface area (Å²) in [6, 6.07) is 14.4. The van der Waals surface area contributed by atoms with Gasteiger partial charge in [-0.05, 0) is 43.1 Å². The second-order valence-corrected chi connectivity index (χ2v) is 10.3. The Morgan fingerprint density at radius 3 is 2.73 bits per heavy atom. The van der Waals surface area contributed by atoms with E-state index in [0.717, 1.165) is 24.9 Å². The lowest BCUT2D eigenvalue weighted by Gasteiger charge is -2.27. The number of rotatable bonds is 12. The summed E-state index contributed by atoms with van der Waals surface area (Å²) in [5.74, 6) is -1.49. The van der Waals surface area contributed by atoms with E-state index in [1.165, 1.54) is 4.90 Å². The smallest absolute Gasteiger partial charge is 0.264 e. The van der Waals surface area contributed by atoms with Crippen molar-refractivity contribution in [3.8, 4) is 0 Å². The summed E-state index contributed by atoms with van der Waals surface area (Å²) >= 11 is 0. The molecule has 4 rings (SSSR count). The van der Waals surface area contributed by atoms with Crippen LogP contribution in [-0.2, 0) is 26.5 Å². The number of fused-ring (bicyclic) bond motifs is 1. The van der Waals surface area contributed by atoms with Crippen LogP contribution in [0, 0.1) is 5.92 Å². The highest BCUT2D eigenvalue weighted by Crippen LogP contribution is 2.46. The van der Waals surface area contributed by atoms with Crippen molar-refractivity contribution in [1.29, 1.82) is 0 Å². The number of amides is 3. The second-order valence-electron chi connectivity index (χ2n) is 10.3. The number of hydrogen-bond acceptors (Lipinski definition) is 6. The minimum Gasteiger partial charge on any atom is -0.395 e. The monoisotopic (exact) mass is 546 g/mol. The summed E-state index contributed by atoms with van der Waals surface area (Å²) in [6.07, 6.45) is 6.66. The van der Waals surface area contributed by atoms with Crippen molar-refractivity contribution in [3.05, 3.63) is 84.5 Å². The third-order valence-corrected chi connectivity index (χ3v) is 7.54. The molecule has 40 heavy (non-hydrogen) atoms. The van der Waals surface area contributed by atoms with Crippen molar-refractivity contribution in [2.24, 2.45) is 5.92 Å². The number of nitrogens with one attached hydrogen (secondary N) is 2. The Balaban J connectivity index is 1.52. The summed E-state index contributed by atoms with van der Waals surface area (Å²) < 4.78 is 0. The first-order valence-corrected chi connectivity index (χ1v) is 13.7. The maximum Gasteiger partial charge on any atom is 0.264 e. The van der Waals surface area contributed by atoms with E-state index in [2.05, 4.69) is 17.2 Å². The zero-order valence-electron chi connectivity index (χ0n) is 22.9. The molecule has 2 aliphatic rings. The molecule has 212 valence electrons. The highest BCUT2D eigenvalue weighted by atomic mass is 16.3. The molecule has 0 spiro atoms. The van der Waals surface area contributed by atoms with E-state index in [0.29, 0.717) is 23.5 Å². The van der Waals surface area contributed by atoms with E-state index in [1.54, 1.807) is 48.3 Å². The van der Waals surface area contributed by atoms with Crippen LogP contribution in [0.1, 0.15) is 37.3 Å². The van der Waals surface area contributed by atoms with Gasteiger partial charge in [-0.15, -0.1) is 6.58 Å². The molecule has 3 amide bonds. The summed E-state index contributed by atoms with van der Waals surface area (Å²) in [5, 5.41) is 27.4. The molecule has 2 heterocycles. The summed E-state index contributed by atoms with van der Waals surface area (Å²) in [5.41, 5.74) is 0.511. The molecular weight excluding hydrogens is 508 g/mol. The standard InChI is InChI=1S/C31H38N4O5/c1-3-17-35-27-15-14-24(33-29(38)26-12-8-16-32-26)20-25(27)31(40,30(35)39)22(2)9-7-13-28(37)34(18-19-36)21-23-10-5-4-6-11-23/h3-7,9-11,14-15,20,22,26,32,36,40H,1,8,12-13,16-19,21H2,2H3,(H,33,38)/b9-7+/t22-,26+,31+/m0/s1. The fourth-order valence-electron chi connectivity index (χ4n) is 5.33. The Kier molecular flexibility index (Phi) is 9.52. The van der Waals surface area contributed by atoms with Gasteiger partial charge in [0.15, 0.2) is 5.60 Å². The average molecular weight is 547 g/mol. The van der Waals surface area contributed by atoms with Crippen molar-refractivity contribution in [2.45, 2.75) is 44.4 Å². The predicted octanol–water partition coefficient (Wildman–Crippen LogP) is 2.70. The average Bonchev–Trinajstić information content (AvgIpc) is 3.57. The summed E-state index contributed by atoms with van der Waals surface area (Å²) in [7, 11) is 0. The summed E-state index contributed by atoms with van der Waals surface area (Å²) in [6.45, 7) is 6.91. The number of aliphatic hydroxyl groups is 2. The molecule has 9 heteroatoms. The number of anilines is 2. The molecule has 2 aromatic rings. The van der Waals surface area contributed by atoms with Crippen LogP contribution in [-0.4, -0.2) is 65.1 Å². The van der Waals surface area contributed by atoms with Crippen molar-refractivity contribution in [3.63, 3.8) is 0 Å². The molecule has 0 unspecified atom stereocenters. The number of hydrogen-bond donors (Lipinski definition) is 4. The fraction of sp³-hybridized carbons (Fsp3) is 0.387. The van der Waals surface area contributed by atoms with Gasteiger partial charge in [-0.1, -0.05) is 55.5 Å². The molecular formula is C31H38N4O5. The lowest BCUT2D eigenvalue weighted by Crippen LogP contribution is -2.44. The highest BCUT2D eigenvalue weighted by molar-refractivity contribution is 6.08. The number of aliphatic hydroxyl groups excluding tert-OH is 1. The lowest BCUT2D eigenvalue weighted by atomic mass is 9.82.